The molecule has 0 atom stereocenters. The van der Waals surface area contributed by atoms with Gasteiger partial charge in [-0.1, -0.05) is 19.4 Å². The van der Waals surface area contributed by atoms with Crippen molar-refractivity contribution in [2.24, 2.45) is 0 Å². The molecule has 25 heavy (non-hydrogen) atoms. The van der Waals surface area contributed by atoms with Crippen molar-refractivity contribution in [1.29, 1.82) is 0 Å². The average molecular weight is 345 g/mol. The van der Waals surface area contributed by atoms with Gasteiger partial charge in [0.15, 0.2) is 11.5 Å². The number of nitrogens with one attached hydrogen (secondary N) is 1. The molecular formula is C18H23N3O4. The fourth-order valence-corrected chi connectivity index (χ4v) is 2.30. The molecule has 1 heterocycles. The minimum absolute atomic E-state index is 0.204. The Balaban J connectivity index is 2.06. The van der Waals surface area contributed by atoms with Crippen LogP contribution in [0.2, 0.25) is 0 Å². The highest BCUT2D eigenvalue weighted by Gasteiger charge is 2.10. The van der Waals surface area contributed by atoms with Crippen LogP contribution in [0.4, 0.5) is 0 Å². The molecule has 0 aliphatic rings. The second-order valence-corrected chi connectivity index (χ2v) is 5.51. The van der Waals surface area contributed by atoms with Crippen LogP contribution in [-0.4, -0.2) is 29.9 Å². The Labute approximate surface area is 146 Å². The van der Waals surface area contributed by atoms with Crippen LogP contribution < -0.4 is 20.3 Å². The molecule has 0 fully saturated rings. The standard InChI is InChI=1S/C18H23N3O4/c1-4-5-10-21-17(22)9-7-14(20-21)18(23)19-12-13-6-8-15(24-2)16(11-13)25-3/h6-9,11H,4-5,10,12H2,1-3H3,(H,19,23). The van der Waals surface area contributed by atoms with Gasteiger partial charge in [-0.25, -0.2) is 4.68 Å². The number of ether oxygens (including phenoxy) is 2. The van der Waals surface area contributed by atoms with E-state index >= 15 is 0 Å². The van der Waals surface area contributed by atoms with Gasteiger partial charge in [-0.05, 0) is 30.2 Å². The Bertz CT molecular complexity index is 786. The Kier molecular flexibility index (Phi) is 6.56. The van der Waals surface area contributed by atoms with E-state index in [2.05, 4.69) is 10.4 Å². The number of aromatic nitrogens is 2. The Morgan fingerprint density at radius 2 is 1.92 bits per heavy atom. The van der Waals surface area contributed by atoms with E-state index in [1.54, 1.807) is 26.4 Å². The zero-order chi connectivity index (χ0) is 18.2. The quantitative estimate of drug-likeness (QED) is 0.791. The maximum Gasteiger partial charge on any atom is 0.271 e. The van der Waals surface area contributed by atoms with Crippen LogP contribution in [0.1, 0.15) is 35.8 Å². The van der Waals surface area contributed by atoms with Gasteiger partial charge in [-0.2, -0.15) is 5.10 Å². The molecule has 0 bridgehead atoms. The summed E-state index contributed by atoms with van der Waals surface area (Å²) in [4.78, 5) is 24.0. The van der Waals surface area contributed by atoms with Gasteiger partial charge in [0.1, 0.15) is 5.69 Å². The minimum Gasteiger partial charge on any atom is -0.493 e. The lowest BCUT2D eigenvalue weighted by Gasteiger charge is -2.10. The van der Waals surface area contributed by atoms with E-state index in [0.717, 1.165) is 18.4 Å². The molecule has 0 saturated heterocycles. The Hall–Kier alpha value is -2.83. The summed E-state index contributed by atoms with van der Waals surface area (Å²) in [6, 6.07) is 8.23. The number of benzene rings is 1. The highest BCUT2D eigenvalue weighted by molar-refractivity contribution is 5.91. The van der Waals surface area contributed by atoms with Gasteiger partial charge >= 0.3 is 0 Å². The highest BCUT2D eigenvalue weighted by atomic mass is 16.5. The van der Waals surface area contributed by atoms with Crippen molar-refractivity contribution < 1.29 is 14.3 Å². The van der Waals surface area contributed by atoms with Crippen LogP contribution >= 0.6 is 0 Å². The summed E-state index contributed by atoms with van der Waals surface area (Å²) in [6.45, 7) is 2.85. The normalized spacial score (nSPS) is 10.4. The number of methoxy groups -OCH3 is 2. The second-order valence-electron chi connectivity index (χ2n) is 5.51. The first-order valence-electron chi connectivity index (χ1n) is 8.16. The summed E-state index contributed by atoms with van der Waals surface area (Å²) < 4.78 is 11.8. The largest absolute Gasteiger partial charge is 0.493 e. The molecule has 2 rings (SSSR count). The summed E-state index contributed by atoms with van der Waals surface area (Å²) in [7, 11) is 3.13. The second kappa shape index (κ2) is 8.86. The van der Waals surface area contributed by atoms with Crippen LogP contribution in [0.5, 0.6) is 11.5 Å². The first-order chi connectivity index (χ1) is 12.1. The van der Waals surface area contributed by atoms with E-state index < -0.39 is 0 Å². The zero-order valence-electron chi connectivity index (χ0n) is 14.7. The molecule has 0 unspecified atom stereocenters. The monoisotopic (exact) mass is 345 g/mol. The van der Waals surface area contributed by atoms with E-state index in [9.17, 15) is 9.59 Å². The van der Waals surface area contributed by atoms with Crippen LogP contribution in [0.3, 0.4) is 0 Å². The van der Waals surface area contributed by atoms with Crippen LogP contribution in [0.25, 0.3) is 0 Å². The van der Waals surface area contributed by atoms with Gasteiger partial charge < -0.3 is 14.8 Å². The number of unbranched alkanes of at least 4 members (excludes halogenated alkanes) is 1. The summed E-state index contributed by atoms with van der Waals surface area (Å²) >= 11 is 0. The van der Waals surface area contributed by atoms with Gasteiger partial charge in [0.2, 0.25) is 0 Å². The summed E-state index contributed by atoms with van der Waals surface area (Å²) in [6.07, 6.45) is 1.79. The third-order valence-electron chi connectivity index (χ3n) is 3.72. The van der Waals surface area contributed by atoms with E-state index in [4.69, 9.17) is 9.47 Å². The van der Waals surface area contributed by atoms with Gasteiger partial charge in [-0.3, -0.25) is 9.59 Å². The van der Waals surface area contributed by atoms with Crippen molar-refractivity contribution in [3.63, 3.8) is 0 Å². The van der Waals surface area contributed by atoms with Crippen molar-refractivity contribution in [3.8, 4) is 11.5 Å². The molecule has 1 aromatic heterocycles. The molecule has 2 aromatic rings. The van der Waals surface area contributed by atoms with E-state index in [1.165, 1.54) is 16.8 Å². The summed E-state index contributed by atoms with van der Waals surface area (Å²) in [5, 5.41) is 6.92. The minimum atomic E-state index is -0.333. The first kappa shape index (κ1) is 18.5. The molecule has 134 valence electrons. The van der Waals surface area contributed by atoms with Crippen molar-refractivity contribution in [2.75, 3.05) is 14.2 Å². The van der Waals surface area contributed by atoms with Crippen LogP contribution in [0, 0.1) is 0 Å². The third kappa shape index (κ3) is 4.82. The van der Waals surface area contributed by atoms with Crippen LogP contribution in [0.15, 0.2) is 35.1 Å². The zero-order valence-corrected chi connectivity index (χ0v) is 14.7. The number of hydrogen-bond donors (Lipinski definition) is 1. The molecule has 1 aromatic carbocycles. The van der Waals surface area contributed by atoms with Gasteiger partial charge in [0.05, 0.1) is 14.2 Å². The predicted molar refractivity (Wildman–Crippen MR) is 94.1 cm³/mol. The maximum atomic E-state index is 12.3. The van der Waals surface area contributed by atoms with Crippen molar-refractivity contribution in [2.45, 2.75) is 32.9 Å². The molecule has 7 nitrogen and oxygen atoms in total. The lowest BCUT2D eigenvalue weighted by atomic mass is 10.2. The molecule has 1 N–H and O–H groups in total. The number of rotatable bonds is 8. The third-order valence-corrected chi connectivity index (χ3v) is 3.72. The predicted octanol–water partition coefficient (Wildman–Crippen LogP) is 1.99. The number of carbonyl (C=O) groups excluding carboxylic acids is 1. The van der Waals surface area contributed by atoms with Gasteiger partial charge in [0.25, 0.3) is 11.5 Å². The van der Waals surface area contributed by atoms with E-state index in [1.807, 2.05) is 13.0 Å². The summed E-state index contributed by atoms with van der Waals surface area (Å²) in [5.74, 6) is 0.891. The molecule has 0 spiro atoms. The fourth-order valence-electron chi connectivity index (χ4n) is 2.30. The number of nitrogens with zero attached hydrogens (tertiary/aromatic N) is 2. The number of carbonyl (C=O) groups is 1. The molecule has 0 aliphatic heterocycles. The lowest BCUT2D eigenvalue weighted by Crippen LogP contribution is -2.29. The molecule has 0 aliphatic carbocycles. The van der Waals surface area contributed by atoms with E-state index in [-0.39, 0.29) is 17.2 Å². The lowest BCUT2D eigenvalue weighted by molar-refractivity contribution is 0.0943. The fraction of sp³-hybridized carbons (Fsp3) is 0.389. The number of hydrogen-bond acceptors (Lipinski definition) is 5. The van der Waals surface area contributed by atoms with Crippen molar-refractivity contribution in [1.82, 2.24) is 15.1 Å². The Morgan fingerprint density at radius 3 is 2.60 bits per heavy atom. The number of amides is 1. The SMILES string of the molecule is CCCCn1nc(C(=O)NCc2ccc(OC)c(OC)c2)ccc1=O. The van der Waals surface area contributed by atoms with Crippen molar-refractivity contribution in [3.05, 3.63) is 51.9 Å². The molecule has 0 saturated carbocycles. The van der Waals surface area contributed by atoms with Gasteiger partial charge in [-0.15, -0.1) is 0 Å². The smallest absolute Gasteiger partial charge is 0.271 e. The van der Waals surface area contributed by atoms with Crippen molar-refractivity contribution >= 4 is 5.91 Å². The number of aryl methyl sites for hydroxylation is 1. The Morgan fingerprint density at radius 1 is 1.16 bits per heavy atom. The molecular weight excluding hydrogens is 322 g/mol. The topological polar surface area (TPSA) is 82.5 Å². The average Bonchev–Trinajstić information content (AvgIpc) is 2.65. The highest BCUT2D eigenvalue weighted by Crippen LogP contribution is 2.27. The maximum absolute atomic E-state index is 12.3. The molecule has 7 heteroatoms. The summed E-state index contributed by atoms with van der Waals surface area (Å²) in [5.41, 5.74) is 0.881. The van der Waals surface area contributed by atoms with E-state index in [0.29, 0.717) is 24.6 Å². The first-order valence-corrected chi connectivity index (χ1v) is 8.16. The van der Waals surface area contributed by atoms with Crippen LogP contribution in [-0.2, 0) is 13.1 Å². The van der Waals surface area contributed by atoms with Gasteiger partial charge in [0, 0.05) is 19.2 Å². The molecule has 0 radical (unpaired) electrons. The molecule has 1 amide bonds.